The van der Waals surface area contributed by atoms with E-state index in [9.17, 15) is 9.59 Å². The van der Waals surface area contributed by atoms with E-state index < -0.39 is 0 Å². The molecule has 0 radical (unpaired) electrons. The highest BCUT2D eigenvalue weighted by molar-refractivity contribution is 9.10. The number of hydrogen-bond acceptors (Lipinski definition) is 4. The third-order valence-corrected chi connectivity index (χ3v) is 6.77. The smallest absolute Gasteiger partial charge is 0.263 e. The minimum Gasteiger partial charge on any atom is -0.311 e. The number of halogens is 1. The predicted octanol–water partition coefficient (Wildman–Crippen LogP) is 5.56. The second-order valence-electron chi connectivity index (χ2n) is 7.37. The highest BCUT2D eigenvalue weighted by Gasteiger charge is 2.20. The summed E-state index contributed by atoms with van der Waals surface area (Å²) in [5, 5.41) is 0.568. The van der Waals surface area contributed by atoms with Gasteiger partial charge in [0, 0.05) is 27.1 Å². The van der Waals surface area contributed by atoms with Crippen LogP contribution in [0.15, 0.2) is 64.1 Å². The lowest BCUT2D eigenvalue weighted by atomic mass is 10.0. The van der Waals surface area contributed by atoms with Gasteiger partial charge in [-0.3, -0.25) is 14.2 Å². The number of amides is 1. The molecule has 158 valence electrons. The van der Waals surface area contributed by atoms with Gasteiger partial charge in [-0.15, -0.1) is 11.3 Å². The third kappa shape index (κ3) is 4.20. The number of fused-ring (bicyclic) bond motifs is 1. The van der Waals surface area contributed by atoms with Crippen LogP contribution in [0.4, 0.5) is 5.69 Å². The number of benzene rings is 2. The summed E-state index contributed by atoms with van der Waals surface area (Å²) in [5.41, 5.74) is 3.57. The van der Waals surface area contributed by atoms with E-state index in [2.05, 4.69) is 20.9 Å². The van der Waals surface area contributed by atoms with Gasteiger partial charge in [0.05, 0.1) is 11.7 Å². The summed E-state index contributed by atoms with van der Waals surface area (Å²) in [7, 11) is 0. The molecule has 0 saturated carbocycles. The first-order chi connectivity index (χ1) is 14.9. The molecule has 0 bridgehead atoms. The van der Waals surface area contributed by atoms with Crippen molar-refractivity contribution in [2.24, 2.45) is 0 Å². The Balaban J connectivity index is 1.74. The topological polar surface area (TPSA) is 55.2 Å². The summed E-state index contributed by atoms with van der Waals surface area (Å²) in [6.45, 7) is 6.38. The van der Waals surface area contributed by atoms with Gasteiger partial charge in [0.25, 0.3) is 5.56 Å². The van der Waals surface area contributed by atoms with Crippen molar-refractivity contribution in [2.75, 3.05) is 11.4 Å². The van der Waals surface area contributed by atoms with Crippen molar-refractivity contribution < 1.29 is 4.79 Å². The van der Waals surface area contributed by atoms with Gasteiger partial charge >= 0.3 is 0 Å². The summed E-state index contributed by atoms with van der Waals surface area (Å²) in [6.07, 6.45) is 1.48. The number of thiophene rings is 1. The molecule has 7 heteroatoms. The van der Waals surface area contributed by atoms with Crippen molar-refractivity contribution in [3.63, 3.8) is 0 Å². The zero-order valence-corrected chi connectivity index (χ0v) is 20.0. The molecule has 0 fully saturated rings. The van der Waals surface area contributed by atoms with Gasteiger partial charge in [-0.2, -0.15) is 0 Å². The maximum Gasteiger partial charge on any atom is 0.263 e. The second-order valence-corrected chi connectivity index (χ2v) is 9.49. The van der Waals surface area contributed by atoms with E-state index in [0.29, 0.717) is 16.8 Å². The molecule has 4 rings (SSSR count). The second kappa shape index (κ2) is 8.77. The van der Waals surface area contributed by atoms with Gasteiger partial charge in [-0.25, -0.2) is 4.98 Å². The Morgan fingerprint density at radius 3 is 2.58 bits per heavy atom. The number of aromatic nitrogens is 2. The highest BCUT2D eigenvalue weighted by Crippen LogP contribution is 2.35. The summed E-state index contributed by atoms with van der Waals surface area (Å²) in [6, 6.07) is 15.7. The van der Waals surface area contributed by atoms with E-state index >= 15 is 0 Å². The van der Waals surface area contributed by atoms with Crippen molar-refractivity contribution in [2.45, 2.75) is 27.3 Å². The van der Waals surface area contributed by atoms with Crippen LogP contribution in [-0.2, 0) is 11.3 Å². The van der Waals surface area contributed by atoms with Crippen LogP contribution in [0.2, 0.25) is 0 Å². The van der Waals surface area contributed by atoms with Crippen LogP contribution < -0.4 is 10.5 Å². The van der Waals surface area contributed by atoms with Gasteiger partial charge in [-0.1, -0.05) is 40.2 Å². The molecule has 5 nitrogen and oxygen atoms in total. The first-order valence-corrected chi connectivity index (χ1v) is 11.6. The average molecular weight is 496 g/mol. The Bertz CT molecular complexity index is 1330. The standard InChI is InChI=1S/C24H22BrN3O2S/c1-4-28(19-7-5-6-15(2)12-19)20(29)13-27-14-26-23-22(24(27)30)21(16(3)31-23)17-8-10-18(25)11-9-17/h5-12,14H,4,13H2,1-3H3. The number of anilines is 1. The number of carbonyl (C=O) groups excluding carboxylic acids is 1. The van der Waals surface area contributed by atoms with Crippen LogP contribution in [0.1, 0.15) is 17.4 Å². The zero-order valence-electron chi connectivity index (χ0n) is 17.6. The lowest BCUT2D eigenvalue weighted by Gasteiger charge is -2.22. The fraction of sp³-hybridized carbons (Fsp3) is 0.208. The molecular formula is C24H22BrN3O2S. The summed E-state index contributed by atoms with van der Waals surface area (Å²) < 4.78 is 2.39. The quantitative estimate of drug-likeness (QED) is 0.364. The number of hydrogen-bond donors (Lipinski definition) is 0. The Morgan fingerprint density at radius 2 is 1.90 bits per heavy atom. The van der Waals surface area contributed by atoms with Crippen molar-refractivity contribution >= 4 is 49.1 Å². The van der Waals surface area contributed by atoms with E-state index in [1.165, 1.54) is 22.2 Å². The Hall–Kier alpha value is -2.77. The predicted molar refractivity (Wildman–Crippen MR) is 131 cm³/mol. The van der Waals surface area contributed by atoms with Gasteiger partial charge in [0.15, 0.2) is 0 Å². The largest absolute Gasteiger partial charge is 0.311 e. The number of likely N-dealkylation sites (N-methyl/N-ethyl adjacent to an activating group) is 1. The van der Waals surface area contributed by atoms with Crippen LogP contribution in [0.5, 0.6) is 0 Å². The highest BCUT2D eigenvalue weighted by atomic mass is 79.9. The first kappa shape index (κ1) is 21.5. The molecule has 0 saturated heterocycles. The molecular weight excluding hydrogens is 474 g/mol. The molecule has 4 aromatic rings. The SMILES string of the molecule is CCN(C(=O)Cn1cnc2sc(C)c(-c3ccc(Br)cc3)c2c1=O)c1cccc(C)c1. The molecule has 0 aliphatic rings. The molecule has 2 aromatic heterocycles. The van der Waals surface area contributed by atoms with Crippen molar-refractivity contribution in [1.82, 2.24) is 9.55 Å². The lowest BCUT2D eigenvalue weighted by Crippen LogP contribution is -2.36. The van der Waals surface area contributed by atoms with Crippen LogP contribution in [0.3, 0.4) is 0 Å². The summed E-state index contributed by atoms with van der Waals surface area (Å²) >= 11 is 4.95. The third-order valence-electron chi connectivity index (χ3n) is 5.22. The van der Waals surface area contributed by atoms with Crippen LogP contribution >= 0.6 is 27.3 Å². The fourth-order valence-electron chi connectivity index (χ4n) is 3.74. The fourth-order valence-corrected chi connectivity index (χ4v) is 5.01. The summed E-state index contributed by atoms with van der Waals surface area (Å²) in [5.74, 6) is -0.145. The van der Waals surface area contributed by atoms with Crippen molar-refractivity contribution in [1.29, 1.82) is 0 Å². The summed E-state index contributed by atoms with van der Waals surface area (Å²) in [4.78, 5) is 34.4. The maximum absolute atomic E-state index is 13.4. The number of carbonyl (C=O) groups is 1. The molecule has 2 heterocycles. The van der Waals surface area contributed by atoms with E-state index in [1.807, 2.05) is 69.3 Å². The van der Waals surface area contributed by atoms with Crippen LogP contribution in [-0.4, -0.2) is 22.0 Å². The minimum absolute atomic E-state index is 0.0573. The van der Waals surface area contributed by atoms with Gasteiger partial charge in [0.1, 0.15) is 11.4 Å². The molecule has 0 aliphatic heterocycles. The molecule has 1 amide bonds. The Kier molecular flexibility index (Phi) is 6.07. The normalized spacial score (nSPS) is 11.1. The Labute approximate surface area is 193 Å². The van der Waals surface area contributed by atoms with Gasteiger partial charge in [-0.05, 0) is 56.2 Å². The van der Waals surface area contributed by atoms with E-state index in [0.717, 1.165) is 31.7 Å². The molecule has 0 spiro atoms. The zero-order chi connectivity index (χ0) is 22.1. The number of rotatable bonds is 5. The molecule has 0 N–H and O–H groups in total. The van der Waals surface area contributed by atoms with Crippen molar-refractivity contribution in [3.05, 3.63) is 80.1 Å². The van der Waals surface area contributed by atoms with E-state index in [1.54, 1.807) is 4.90 Å². The van der Waals surface area contributed by atoms with Gasteiger partial charge < -0.3 is 4.90 Å². The van der Waals surface area contributed by atoms with Crippen molar-refractivity contribution in [3.8, 4) is 11.1 Å². The first-order valence-electron chi connectivity index (χ1n) is 10.0. The molecule has 0 aliphatic carbocycles. The average Bonchev–Trinajstić information content (AvgIpc) is 3.08. The molecule has 2 aromatic carbocycles. The minimum atomic E-state index is -0.194. The Morgan fingerprint density at radius 1 is 1.16 bits per heavy atom. The molecule has 0 atom stereocenters. The van der Waals surface area contributed by atoms with Crippen LogP contribution in [0.25, 0.3) is 21.3 Å². The number of aryl methyl sites for hydroxylation is 2. The maximum atomic E-state index is 13.4. The van der Waals surface area contributed by atoms with Gasteiger partial charge in [0.2, 0.25) is 5.91 Å². The van der Waals surface area contributed by atoms with E-state index in [-0.39, 0.29) is 18.0 Å². The molecule has 0 unspecified atom stereocenters. The van der Waals surface area contributed by atoms with E-state index in [4.69, 9.17) is 0 Å². The monoisotopic (exact) mass is 495 g/mol. The lowest BCUT2D eigenvalue weighted by molar-refractivity contribution is -0.119. The number of nitrogens with zero attached hydrogens (tertiary/aromatic N) is 3. The molecule has 31 heavy (non-hydrogen) atoms. The van der Waals surface area contributed by atoms with Crippen LogP contribution in [0, 0.1) is 13.8 Å².